The van der Waals surface area contributed by atoms with Crippen LogP contribution in [0, 0.1) is 13.8 Å². The molecule has 6 nitrogen and oxygen atoms in total. The fourth-order valence-corrected chi connectivity index (χ4v) is 2.86. The summed E-state index contributed by atoms with van der Waals surface area (Å²) >= 11 is 0. The average molecular weight is 417 g/mol. The predicted molar refractivity (Wildman–Crippen MR) is 105 cm³/mol. The largest absolute Gasteiger partial charge is 0.573 e. The summed E-state index contributed by atoms with van der Waals surface area (Å²) in [6.07, 6.45) is -3.15. The molecule has 3 aromatic rings. The zero-order valence-electron chi connectivity index (χ0n) is 16.2. The van der Waals surface area contributed by atoms with E-state index in [0.29, 0.717) is 5.69 Å². The van der Waals surface area contributed by atoms with Crippen LogP contribution in [0.1, 0.15) is 27.3 Å². The van der Waals surface area contributed by atoms with Crippen LogP contribution in [-0.2, 0) is 6.54 Å². The van der Waals surface area contributed by atoms with Crippen LogP contribution in [0.3, 0.4) is 0 Å². The Morgan fingerprint density at radius 3 is 2.43 bits per heavy atom. The van der Waals surface area contributed by atoms with Crippen molar-refractivity contribution in [2.75, 3.05) is 5.32 Å². The van der Waals surface area contributed by atoms with E-state index in [1.807, 2.05) is 13.0 Å². The fourth-order valence-electron chi connectivity index (χ4n) is 2.86. The molecule has 0 saturated heterocycles. The lowest BCUT2D eigenvalue weighted by Crippen LogP contribution is -2.30. The van der Waals surface area contributed by atoms with E-state index in [1.165, 1.54) is 22.8 Å². The standard InChI is InChI=1S/C21H18F3N3O3/c1-13-11-15(9-10-25-13)12-27-14(2)3-8-18(20(27)29)19(28)26-16-4-6-17(7-5-16)30-21(22,23)24/h3-11H,12H2,1-2H3,(H,26,28). The molecule has 156 valence electrons. The van der Waals surface area contributed by atoms with Crippen LogP contribution in [0.4, 0.5) is 18.9 Å². The highest BCUT2D eigenvalue weighted by Gasteiger charge is 2.31. The highest BCUT2D eigenvalue weighted by molar-refractivity contribution is 6.04. The van der Waals surface area contributed by atoms with Gasteiger partial charge in [0.05, 0.1) is 6.54 Å². The number of aryl methyl sites for hydroxylation is 2. The van der Waals surface area contributed by atoms with Crippen LogP contribution in [0.5, 0.6) is 5.75 Å². The van der Waals surface area contributed by atoms with Crippen molar-refractivity contribution in [3.63, 3.8) is 0 Å². The number of ether oxygens (including phenoxy) is 1. The van der Waals surface area contributed by atoms with Gasteiger partial charge in [-0.15, -0.1) is 13.2 Å². The second-order valence-electron chi connectivity index (χ2n) is 6.61. The second kappa shape index (κ2) is 8.40. The third kappa shape index (κ3) is 5.25. The molecule has 30 heavy (non-hydrogen) atoms. The van der Waals surface area contributed by atoms with Gasteiger partial charge in [0.1, 0.15) is 11.3 Å². The van der Waals surface area contributed by atoms with Gasteiger partial charge < -0.3 is 14.6 Å². The molecule has 9 heteroatoms. The smallest absolute Gasteiger partial charge is 0.406 e. The van der Waals surface area contributed by atoms with Crippen molar-refractivity contribution < 1.29 is 22.7 Å². The fraction of sp³-hybridized carbons (Fsp3) is 0.190. The van der Waals surface area contributed by atoms with Crippen molar-refractivity contribution in [1.82, 2.24) is 9.55 Å². The first-order chi connectivity index (χ1) is 14.1. The number of hydrogen-bond acceptors (Lipinski definition) is 4. The molecule has 2 heterocycles. The number of anilines is 1. The van der Waals surface area contributed by atoms with E-state index in [4.69, 9.17) is 0 Å². The van der Waals surface area contributed by atoms with E-state index in [9.17, 15) is 22.8 Å². The molecule has 1 N–H and O–H groups in total. The van der Waals surface area contributed by atoms with Gasteiger partial charge in [0, 0.05) is 23.3 Å². The van der Waals surface area contributed by atoms with Crippen LogP contribution >= 0.6 is 0 Å². The number of nitrogens with zero attached hydrogens (tertiary/aromatic N) is 2. The number of halogens is 3. The van der Waals surface area contributed by atoms with E-state index in [-0.39, 0.29) is 17.8 Å². The van der Waals surface area contributed by atoms with Crippen LogP contribution in [0.25, 0.3) is 0 Å². The van der Waals surface area contributed by atoms with Gasteiger partial charge in [0.15, 0.2) is 0 Å². The Kier molecular flexibility index (Phi) is 5.91. The quantitative estimate of drug-likeness (QED) is 0.680. The van der Waals surface area contributed by atoms with Crippen LogP contribution in [0.15, 0.2) is 59.5 Å². The first kappa shape index (κ1) is 21.1. The van der Waals surface area contributed by atoms with E-state index in [0.717, 1.165) is 23.4 Å². The van der Waals surface area contributed by atoms with E-state index in [1.54, 1.807) is 25.3 Å². The van der Waals surface area contributed by atoms with Gasteiger partial charge in [-0.05, 0) is 67.9 Å². The molecular formula is C21H18F3N3O3. The number of rotatable bonds is 5. The lowest BCUT2D eigenvalue weighted by atomic mass is 10.2. The first-order valence-electron chi connectivity index (χ1n) is 8.91. The third-order valence-corrected chi connectivity index (χ3v) is 4.28. The highest BCUT2D eigenvalue weighted by Crippen LogP contribution is 2.24. The molecule has 0 atom stereocenters. The minimum Gasteiger partial charge on any atom is -0.406 e. The maximum absolute atomic E-state index is 12.9. The van der Waals surface area contributed by atoms with Gasteiger partial charge in [-0.25, -0.2) is 0 Å². The summed E-state index contributed by atoms with van der Waals surface area (Å²) < 4.78 is 42.0. The number of nitrogens with one attached hydrogen (secondary N) is 1. The summed E-state index contributed by atoms with van der Waals surface area (Å²) in [5.74, 6) is -1.07. The average Bonchev–Trinajstić information content (AvgIpc) is 2.65. The Hall–Kier alpha value is -3.62. The molecule has 0 aliphatic carbocycles. The molecule has 0 aliphatic rings. The number of amides is 1. The Bertz CT molecular complexity index is 1120. The zero-order chi connectivity index (χ0) is 21.9. The number of aromatic nitrogens is 2. The van der Waals surface area contributed by atoms with Crippen molar-refractivity contribution in [3.8, 4) is 5.75 Å². The molecule has 2 aromatic heterocycles. The molecule has 0 fully saturated rings. The van der Waals surface area contributed by atoms with Crippen LogP contribution in [0.2, 0.25) is 0 Å². The van der Waals surface area contributed by atoms with Gasteiger partial charge >= 0.3 is 6.36 Å². The number of alkyl halides is 3. The van der Waals surface area contributed by atoms with E-state index < -0.39 is 23.6 Å². The minimum absolute atomic E-state index is 0.0815. The molecular weight excluding hydrogens is 399 g/mol. The summed E-state index contributed by atoms with van der Waals surface area (Å²) in [4.78, 5) is 29.6. The lowest BCUT2D eigenvalue weighted by Gasteiger charge is -2.13. The van der Waals surface area contributed by atoms with Gasteiger partial charge in [-0.2, -0.15) is 0 Å². The Labute approximate surface area is 170 Å². The molecule has 1 amide bonds. The van der Waals surface area contributed by atoms with Crippen molar-refractivity contribution in [2.45, 2.75) is 26.8 Å². The van der Waals surface area contributed by atoms with E-state index >= 15 is 0 Å². The highest BCUT2D eigenvalue weighted by atomic mass is 19.4. The van der Waals surface area contributed by atoms with Gasteiger partial charge in [-0.3, -0.25) is 14.6 Å². The van der Waals surface area contributed by atoms with Gasteiger partial charge in [-0.1, -0.05) is 0 Å². The third-order valence-electron chi connectivity index (χ3n) is 4.28. The summed E-state index contributed by atoms with van der Waals surface area (Å²) in [6, 6.07) is 11.4. The van der Waals surface area contributed by atoms with Crippen molar-refractivity contribution in [3.05, 3.63) is 87.6 Å². The maximum Gasteiger partial charge on any atom is 0.573 e. The number of benzene rings is 1. The molecule has 0 unspecified atom stereocenters. The molecule has 1 aromatic carbocycles. The van der Waals surface area contributed by atoms with Gasteiger partial charge in [0.2, 0.25) is 0 Å². The number of pyridine rings is 2. The Morgan fingerprint density at radius 2 is 1.80 bits per heavy atom. The molecule has 0 bridgehead atoms. The van der Waals surface area contributed by atoms with Crippen molar-refractivity contribution in [1.29, 1.82) is 0 Å². The predicted octanol–water partition coefficient (Wildman–Crippen LogP) is 4.06. The molecule has 0 radical (unpaired) electrons. The van der Waals surface area contributed by atoms with Crippen LogP contribution in [-0.4, -0.2) is 21.8 Å². The summed E-state index contributed by atoms with van der Waals surface area (Å²) in [5, 5.41) is 2.51. The molecule has 3 rings (SSSR count). The van der Waals surface area contributed by atoms with Crippen LogP contribution < -0.4 is 15.6 Å². The SMILES string of the molecule is Cc1cc(Cn2c(C)ccc(C(=O)Nc3ccc(OC(F)(F)F)cc3)c2=O)ccn1. The monoisotopic (exact) mass is 417 g/mol. The second-order valence-corrected chi connectivity index (χ2v) is 6.61. The molecule has 0 spiro atoms. The van der Waals surface area contributed by atoms with Crippen molar-refractivity contribution in [2.24, 2.45) is 0 Å². The summed E-state index contributed by atoms with van der Waals surface area (Å²) in [5.41, 5.74) is 2.03. The number of carbonyl (C=O) groups excluding carboxylic acids is 1. The molecule has 0 aliphatic heterocycles. The van der Waals surface area contributed by atoms with Crippen molar-refractivity contribution >= 4 is 11.6 Å². The maximum atomic E-state index is 12.9. The first-order valence-corrected chi connectivity index (χ1v) is 8.91. The number of hydrogen-bond donors (Lipinski definition) is 1. The zero-order valence-corrected chi connectivity index (χ0v) is 16.2. The summed E-state index contributed by atoms with van der Waals surface area (Å²) in [6.45, 7) is 3.88. The topological polar surface area (TPSA) is 73.2 Å². The Balaban J connectivity index is 1.80. The summed E-state index contributed by atoms with van der Waals surface area (Å²) in [7, 11) is 0. The Morgan fingerprint density at radius 1 is 1.10 bits per heavy atom. The molecule has 0 saturated carbocycles. The normalized spacial score (nSPS) is 11.2. The minimum atomic E-state index is -4.80. The lowest BCUT2D eigenvalue weighted by molar-refractivity contribution is -0.274. The van der Waals surface area contributed by atoms with E-state index in [2.05, 4.69) is 15.0 Å². The van der Waals surface area contributed by atoms with Gasteiger partial charge in [0.25, 0.3) is 11.5 Å². The number of carbonyl (C=O) groups is 1.